The van der Waals surface area contributed by atoms with Gasteiger partial charge in [-0.2, -0.15) is 0 Å². The zero-order valence-corrected chi connectivity index (χ0v) is 21.1. The average Bonchev–Trinajstić information content (AvgIpc) is 2.92. The Morgan fingerprint density at radius 2 is 1.69 bits per heavy atom. The highest BCUT2D eigenvalue weighted by Crippen LogP contribution is 2.48. The smallest absolute Gasteiger partial charge is 0.407 e. The molecule has 35 heavy (non-hydrogen) atoms. The summed E-state index contributed by atoms with van der Waals surface area (Å²) in [7, 11) is -4.01. The molecule has 0 bridgehead atoms. The maximum Gasteiger partial charge on any atom is 0.407 e. The molecule has 2 aliphatic heterocycles. The second-order valence-electron chi connectivity index (χ2n) is 10.00. The Kier molecular flexibility index (Phi) is 7.16. The van der Waals surface area contributed by atoms with E-state index in [9.17, 15) is 27.6 Å². The van der Waals surface area contributed by atoms with Gasteiger partial charge in [0.1, 0.15) is 18.0 Å². The van der Waals surface area contributed by atoms with Crippen molar-refractivity contribution in [2.45, 2.75) is 57.4 Å². The van der Waals surface area contributed by atoms with Crippen molar-refractivity contribution in [1.82, 2.24) is 10.2 Å². The summed E-state index contributed by atoms with van der Waals surface area (Å²) in [6, 6.07) is 7.54. The van der Waals surface area contributed by atoms with Crippen LogP contribution in [0.3, 0.4) is 0 Å². The number of rotatable bonds is 7. The predicted octanol–water partition coefficient (Wildman–Crippen LogP) is 1.36. The van der Waals surface area contributed by atoms with Crippen LogP contribution in [-0.2, 0) is 45.0 Å². The molecule has 3 atom stereocenters. The monoisotopic (exact) mass is 510 g/mol. The molecule has 3 rings (SSSR count). The molecule has 0 aliphatic carbocycles. The normalized spacial score (nSPS) is 24.1. The lowest BCUT2D eigenvalue weighted by Gasteiger charge is -2.42. The number of fused-ring (bicyclic) bond motifs is 1. The summed E-state index contributed by atoms with van der Waals surface area (Å²) in [6.07, 6.45) is -0.800. The largest absolute Gasteiger partial charge is 0.445 e. The van der Waals surface area contributed by atoms with Gasteiger partial charge < -0.3 is 24.4 Å². The molecule has 0 aromatic heterocycles. The third kappa shape index (κ3) is 4.97. The predicted molar refractivity (Wildman–Crippen MR) is 122 cm³/mol. The topological polar surface area (TPSA) is 145 Å². The molecule has 0 spiro atoms. The van der Waals surface area contributed by atoms with Gasteiger partial charge in [0.15, 0.2) is 9.84 Å². The van der Waals surface area contributed by atoms with Crippen LogP contribution >= 0.6 is 0 Å². The van der Waals surface area contributed by atoms with Gasteiger partial charge in [0.25, 0.3) is 0 Å². The number of carbonyl (C=O) groups excluding carboxylic acids is 4. The van der Waals surface area contributed by atoms with Gasteiger partial charge in [-0.1, -0.05) is 30.3 Å². The van der Waals surface area contributed by atoms with E-state index in [4.69, 9.17) is 14.2 Å². The van der Waals surface area contributed by atoms with Crippen LogP contribution in [0, 0.1) is 11.3 Å². The van der Waals surface area contributed by atoms with Crippen molar-refractivity contribution in [2.75, 3.05) is 13.3 Å². The van der Waals surface area contributed by atoms with Crippen molar-refractivity contribution >= 4 is 33.8 Å². The highest BCUT2D eigenvalue weighted by atomic mass is 32.2. The number of benzene rings is 1. The second-order valence-corrected chi connectivity index (χ2v) is 12.6. The van der Waals surface area contributed by atoms with Crippen molar-refractivity contribution in [1.29, 1.82) is 0 Å². The van der Waals surface area contributed by atoms with Gasteiger partial charge in [-0.3, -0.25) is 9.59 Å². The van der Waals surface area contributed by atoms with E-state index in [1.807, 2.05) is 6.07 Å². The van der Waals surface area contributed by atoms with Crippen LogP contribution in [0.15, 0.2) is 30.3 Å². The van der Waals surface area contributed by atoms with E-state index in [-0.39, 0.29) is 13.2 Å². The van der Waals surface area contributed by atoms with Gasteiger partial charge in [0.05, 0.1) is 16.1 Å². The van der Waals surface area contributed by atoms with E-state index in [0.29, 0.717) is 0 Å². The first kappa shape index (κ1) is 26.5. The first-order valence-electron chi connectivity index (χ1n) is 11.0. The number of hydrogen-bond acceptors (Lipinski definition) is 9. The van der Waals surface area contributed by atoms with E-state index in [2.05, 4.69) is 5.32 Å². The molecule has 12 heteroatoms. The summed E-state index contributed by atoms with van der Waals surface area (Å²) in [5.41, 5.74) is -0.0492. The van der Waals surface area contributed by atoms with Crippen LogP contribution in [0.2, 0.25) is 0 Å². The summed E-state index contributed by atoms with van der Waals surface area (Å²) < 4.78 is 39.7. The average molecular weight is 511 g/mol. The number of ether oxygens (including phenoxy) is 3. The van der Waals surface area contributed by atoms with Gasteiger partial charge in [0, 0.05) is 6.54 Å². The molecule has 0 saturated carbocycles. The minimum absolute atomic E-state index is 0.0138. The minimum Gasteiger partial charge on any atom is -0.445 e. The molecule has 0 radical (unpaired) electrons. The molecule has 0 unspecified atom stereocenters. The fraction of sp³-hybridized carbons (Fsp3) is 0.565. The Morgan fingerprint density at radius 1 is 1.06 bits per heavy atom. The molecular weight excluding hydrogens is 480 g/mol. The van der Waals surface area contributed by atoms with E-state index >= 15 is 0 Å². The van der Waals surface area contributed by atoms with E-state index in [0.717, 1.165) is 10.5 Å². The number of alkyl carbamates (subject to hydrolysis) is 1. The molecule has 2 amide bonds. The Labute approximate surface area is 204 Å². The molecule has 1 aromatic carbocycles. The van der Waals surface area contributed by atoms with Crippen LogP contribution in [0.1, 0.15) is 40.2 Å². The highest BCUT2D eigenvalue weighted by molar-refractivity contribution is 7.93. The lowest BCUT2D eigenvalue weighted by atomic mass is 9.91. The van der Waals surface area contributed by atoms with E-state index < -0.39 is 68.1 Å². The number of hydrogen-bond donors (Lipinski definition) is 1. The van der Waals surface area contributed by atoms with Crippen molar-refractivity contribution < 1.29 is 41.8 Å². The number of β-lactam (4-membered cyclic amide) rings is 1. The number of nitrogens with one attached hydrogen (secondary N) is 1. The summed E-state index contributed by atoms with van der Waals surface area (Å²) in [5.74, 6) is -3.28. The lowest BCUT2D eigenvalue weighted by Crippen LogP contribution is -2.66. The summed E-state index contributed by atoms with van der Waals surface area (Å²) in [6.45, 7) is 6.58. The molecule has 2 aliphatic rings. The first-order valence-corrected chi connectivity index (χ1v) is 12.6. The van der Waals surface area contributed by atoms with Gasteiger partial charge in [-0.15, -0.1) is 0 Å². The van der Waals surface area contributed by atoms with Gasteiger partial charge >= 0.3 is 18.0 Å². The fourth-order valence-electron chi connectivity index (χ4n) is 3.98. The van der Waals surface area contributed by atoms with Crippen LogP contribution in [0.25, 0.3) is 0 Å². The van der Waals surface area contributed by atoms with Gasteiger partial charge in [-0.25, -0.2) is 18.0 Å². The van der Waals surface area contributed by atoms with Crippen molar-refractivity contribution in [3.05, 3.63) is 35.9 Å². The van der Waals surface area contributed by atoms with Crippen LogP contribution < -0.4 is 5.32 Å². The molecule has 1 N–H and O–H groups in total. The SMILES string of the molecule is CC(C)(C)C(=O)OCOC(=O)[C@@H]1N2C(=O)[C@H](CNC(=O)OCc3ccccc3)[C@H]2S(=O)(=O)C1(C)C. The van der Waals surface area contributed by atoms with Crippen molar-refractivity contribution in [2.24, 2.45) is 11.3 Å². The zero-order valence-electron chi connectivity index (χ0n) is 20.3. The quantitative estimate of drug-likeness (QED) is 0.326. The zero-order chi connectivity index (χ0) is 26.2. The fourth-order valence-corrected chi connectivity index (χ4v) is 6.29. The number of sulfone groups is 1. The summed E-state index contributed by atoms with van der Waals surface area (Å²) in [4.78, 5) is 50.4. The van der Waals surface area contributed by atoms with Crippen LogP contribution in [0.5, 0.6) is 0 Å². The third-order valence-corrected chi connectivity index (χ3v) is 8.97. The molecule has 2 saturated heterocycles. The second kappa shape index (κ2) is 9.48. The standard InChI is InChI=1S/C23H30N2O9S/c1-22(2,3)20(28)34-13-33-19(27)16-23(4,5)35(30,31)18-15(17(26)25(16)18)11-24-21(29)32-12-14-9-7-6-8-10-14/h6-10,15-16,18H,11-13H2,1-5H3,(H,24,29)/t15-,16-,18+/m0/s1. The lowest BCUT2D eigenvalue weighted by molar-refractivity contribution is -0.181. The number of esters is 2. The Bertz CT molecular complexity index is 1110. The highest BCUT2D eigenvalue weighted by Gasteiger charge is 2.72. The van der Waals surface area contributed by atoms with E-state index in [1.165, 1.54) is 13.8 Å². The maximum atomic E-state index is 13.2. The number of carbonyl (C=O) groups is 4. The van der Waals surface area contributed by atoms with Gasteiger partial charge in [-0.05, 0) is 40.2 Å². The molecule has 192 valence electrons. The Morgan fingerprint density at radius 3 is 2.29 bits per heavy atom. The first-order chi connectivity index (χ1) is 16.2. The summed E-state index contributed by atoms with van der Waals surface area (Å²) in [5, 5.41) is 1.12. The molecular formula is C23H30N2O9S. The Hall–Kier alpha value is -3.15. The Balaban J connectivity index is 1.61. The van der Waals surface area contributed by atoms with Crippen LogP contribution in [-0.4, -0.2) is 66.8 Å². The maximum absolute atomic E-state index is 13.2. The minimum atomic E-state index is -4.01. The van der Waals surface area contributed by atoms with Gasteiger partial charge in [0.2, 0.25) is 12.7 Å². The third-order valence-electron chi connectivity index (χ3n) is 6.08. The van der Waals surface area contributed by atoms with Crippen molar-refractivity contribution in [3.63, 3.8) is 0 Å². The molecule has 2 fully saturated rings. The number of nitrogens with zero attached hydrogens (tertiary/aromatic N) is 1. The van der Waals surface area contributed by atoms with Crippen LogP contribution in [0.4, 0.5) is 4.79 Å². The number of amides is 2. The summed E-state index contributed by atoms with van der Waals surface area (Å²) >= 11 is 0. The molecule has 11 nitrogen and oxygen atoms in total. The molecule has 1 aromatic rings. The van der Waals surface area contributed by atoms with E-state index in [1.54, 1.807) is 45.0 Å². The molecule has 2 heterocycles. The van der Waals surface area contributed by atoms with Crippen molar-refractivity contribution in [3.8, 4) is 0 Å².